The molecular formula is C36H49N9O3. The highest BCUT2D eigenvalue weighted by Crippen LogP contribution is 2.44. The first kappa shape index (κ1) is 33.6. The van der Waals surface area contributed by atoms with Crippen molar-refractivity contribution in [3.05, 3.63) is 65.4 Å². The number of anilines is 4. The summed E-state index contributed by atoms with van der Waals surface area (Å²) >= 11 is 0. The lowest BCUT2D eigenvalue weighted by atomic mass is 9.91. The Kier molecular flexibility index (Phi) is 10.4. The van der Waals surface area contributed by atoms with Gasteiger partial charge >= 0.3 is 0 Å². The number of methoxy groups -OCH3 is 1. The van der Waals surface area contributed by atoms with Gasteiger partial charge in [0.15, 0.2) is 5.82 Å². The molecule has 2 aromatic carbocycles. The van der Waals surface area contributed by atoms with Crippen molar-refractivity contribution in [3.63, 3.8) is 0 Å². The number of hydrogen-bond donors (Lipinski definition) is 2. The fourth-order valence-corrected chi connectivity index (χ4v) is 7.20. The zero-order valence-corrected chi connectivity index (χ0v) is 28.9. The number of carbonyl (C=O) groups excluding carboxylic acids is 2. The summed E-state index contributed by atoms with van der Waals surface area (Å²) in [4.78, 5) is 38.7. The predicted molar refractivity (Wildman–Crippen MR) is 189 cm³/mol. The Balaban J connectivity index is 1.31. The van der Waals surface area contributed by atoms with Crippen LogP contribution < -0.4 is 25.3 Å². The molecule has 1 aromatic heterocycles. The topological polar surface area (TPSA) is 109 Å². The van der Waals surface area contributed by atoms with Gasteiger partial charge in [-0.05, 0) is 55.9 Å². The third kappa shape index (κ3) is 6.96. The molecule has 0 bridgehead atoms. The zero-order chi connectivity index (χ0) is 33.8. The number of benzene rings is 2. The molecule has 6 rings (SSSR count). The summed E-state index contributed by atoms with van der Waals surface area (Å²) in [5.41, 5.74) is 3.82. The number of rotatable bonds is 10. The molecule has 3 aliphatic heterocycles. The van der Waals surface area contributed by atoms with E-state index in [9.17, 15) is 9.59 Å². The monoisotopic (exact) mass is 655 g/mol. The number of hydrogen-bond acceptors (Lipinski definition) is 10. The lowest BCUT2D eigenvalue weighted by Gasteiger charge is -2.45. The Hall–Kier alpha value is -4.26. The molecule has 4 heterocycles. The quantitative estimate of drug-likeness (QED) is 0.317. The van der Waals surface area contributed by atoms with E-state index in [1.807, 2.05) is 74.5 Å². The van der Waals surface area contributed by atoms with Gasteiger partial charge in [-0.1, -0.05) is 43.7 Å². The van der Waals surface area contributed by atoms with Crippen molar-refractivity contribution >= 4 is 35.0 Å². The van der Waals surface area contributed by atoms with E-state index in [0.717, 1.165) is 56.0 Å². The maximum absolute atomic E-state index is 13.7. The van der Waals surface area contributed by atoms with E-state index in [2.05, 4.69) is 20.7 Å². The van der Waals surface area contributed by atoms with Crippen LogP contribution in [-0.4, -0.2) is 97.3 Å². The molecule has 0 saturated carbocycles. The highest BCUT2D eigenvalue weighted by atomic mass is 16.5. The van der Waals surface area contributed by atoms with E-state index in [-0.39, 0.29) is 23.8 Å². The van der Waals surface area contributed by atoms with Crippen LogP contribution >= 0.6 is 0 Å². The number of piperidine rings is 2. The summed E-state index contributed by atoms with van der Waals surface area (Å²) in [5.74, 6) is 1.65. The molecule has 0 unspecified atom stereocenters. The first-order chi connectivity index (χ1) is 23.3. The van der Waals surface area contributed by atoms with E-state index in [1.165, 1.54) is 19.3 Å². The minimum absolute atomic E-state index is 0.0396. The van der Waals surface area contributed by atoms with Gasteiger partial charge in [-0.25, -0.2) is 20.0 Å². The molecule has 2 saturated heterocycles. The number of hydrazine groups is 2. The van der Waals surface area contributed by atoms with Crippen LogP contribution in [-0.2, 0) is 11.3 Å². The first-order valence-corrected chi connectivity index (χ1v) is 17.2. The molecular weight excluding hydrogens is 606 g/mol. The van der Waals surface area contributed by atoms with Crippen molar-refractivity contribution in [1.29, 1.82) is 0 Å². The van der Waals surface area contributed by atoms with Crippen LogP contribution in [0.3, 0.4) is 0 Å². The van der Waals surface area contributed by atoms with Crippen LogP contribution in [0.2, 0.25) is 0 Å². The number of amides is 2. The van der Waals surface area contributed by atoms with Gasteiger partial charge in [0, 0.05) is 65.3 Å². The molecule has 1 atom stereocenters. The van der Waals surface area contributed by atoms with Crippen molar-refractivity contribution in [2.45, 2.75) is 64.0 Å². The summed E-state index contributed by atoms with van der Waals surface area (Å²) < 4.78 is 5.74. The number of nitrogens with one attached hydrogen (secondary N) is 2. The molecule has 48 heavy (non-hydrogen) atoms. The second-order valence-corrected chi connectivity index (χ2v) is 13.1. The Morgan fingerprint density at radius 3 is 2.35 bits per heavy atom. The van der Waals surface area contributed by atoms with Crippen molar-refractivity contribution in [2.24, 2.45) is 0 Å². The van der Waals surface area contributed by atoms with Gasteiger partial charge in [0.2, 0.25) is 5.95 Å². The van der Waals surface area contributed by atoms with Crippen molar-refractivity contribution in [2.75, 3.05) is 69.7 Å². The number of aromatic nitrogens is 2. The molecule has 12 nitrogen and oxygen atoms in total. The Morgan fingerprint density at radius 1 is 0.979 bits per heavy atom. The van der Waals surface area contributed by atoms with Gasteiger partial charge in [0.1, 0.15) is 17.5 Å². The van der Waals surface area contributed by atoms with Crippen LogP contribution in [0.25, 0.3) is 0 Å². The van der Waals surface area contributed by atoms with Crippen LogP contribution in [0.5, 0.6) is 5.75 Å². The fraction of sp³-hybridized carbons (Fsp3) is 0.500. The summed E-state index contributed by atoms with van der Waals surface area (Å²) in [7, 11) is 7.33. The maximum atomic E-state index is 13.7. The van der Waals surface area contributed by atoms with Crippen LogP contribution in [0, 0.1) is 0 Å². The lowest BCUT2D eigenvalue weighted by molar-refractivity contribution is -0.120. The molecule has 2 amide bonds. The van der Waals surface area contributed by atoms with E-state index in [0.29, 0.717) is 41.7 Å². The molecule has 2 N–H and O–H groups in total. The molecule has 3 aliphatic rings. The van der Waals surface area contributed by atoms with E-state index in [4.69, 9.17) is 14.7 Å². The Labute approximate surface area is 284 Å². The minimum Gasteiger partial charge on any atom is -0.495 e. The van der Waals surface area contributed by atoms with E-state index in [1.54, 1.807) is 24.1 Å². The summed E-state index contributed by atoms with van der Waals surface area (Å²) in [6.07, 6.45) is 6.34. The average Bonchev–Trinajstić information content (AvgIpc) is 3.12. The van der Waals surface area contributed by atoms with Crippen molar-refractivity contribution < 1.29 is 14.3 Å². The number of nitrogens with zero attached hydrogens (tertiary/aromatic N) is 7. The lowest BCUT2D eigenvalue weighted by Crippen LogP contribution is -2.57. The first-order valence-electron chi connectivity index (χ1n) is 17.2. The average molecular weight is 656 g/mol. The van der Waals surface area contributed by atoms with E-state index >= 15 is 0 Å². The predicted octanol–water partition coefficient (Wildman–Crippen LogP) is 4.78. The molecule has 0 aliphatic carbocycles. The fourth-order valence-electron chi connectivity index (χ4n) is 7.20. The van der Waals surface area contributed by atoms with E-state index < -0.39 is 0 Å². The highest BCUT2D eigenvalue weighted by Gasteiger charge is 2.42. The van der Waals surface area contributed by atoms with Gasteiger partial charge in [0.05, 0.1) is 18.5 Å². The molecule has 0 radical (unpaired) electrons. The Morgan fingerprint density at radius 2 is 1.69 bits per heavy atom. The molecule has 3 aromatic rings. The molecule has 12 heteroatoms. The summed E-state index contributed by atoms with van der Waals surface area (Å²) in [5, 5.41) is 15.4. The minimum atomic E-state index is -0.378. The number of fused-ring (bicyclic) bond motifs is 1. The smallest absolute Gasteiger partial charge is 0.251 e. The van der Waals surface area contributed by atoms with Gasteiger partial charge in [-0.15, -0.1) is 0 Å². The zero-order valence-electron chi connectivity index (χ0n) is 28.9. The largest absolute Gasteiger partial charge is 0.495 e. The third-order valence-corrected chi connectivity index (χ3v) is 9.77. The molecule has 0 spiro atoms. The standard InChI is InChI=1S/C36H49N9O3/c1-6-29-35(47)42(4)32-31(26-17-21-44(22-18-26)43-19-11-8-12-20-43)39-36(40-33(32)45(29)41(2)3)38-28-16-15-27(23-30(28)48-5)34(46)37-24-25-13-9-7-10-14-25/h7,9-10,13-16,23,26,29H,6,8,11-12,17-22,24H2,1-5H3,(H,37,46)(H,38,39,40)/t29-/m1/s1. The van der Waals surface area contributed by atoms with Gasteiger partial charge in [0.25, 0.3) is 11.8 Å². The summed E-state index contributed by atoms with van der Waals surface area (Å²) in [6.45, 7) is 6.64. The SMILES string of the molecule is CC[C@@H]1C(=O)N(C)c2c(C3CCN(N4CCCCC4)CC3)nc(Nc3ccc(C(=O)NCc4ccccc4)cc3OC)nc2N1N(C)C. The Bertz CT molecular complexity index is 1590. The maximum Gasteiger partial charge on any atom is 0.251 e. The third-order valence-electron chi connectivity index (χ3n) is 9.77. The van der Waals surface area contributed by atoms with Crippen LogP contribution in [0.4, 0.5) is 23.1 Å². The van der Waals surface area contributed by atoms with Crippen molar-refractivity contribution in [1.82, 2.24) is 30.3 Å². The van der Waals surface area contributed by atoms with Gasteiger partial charge in [-0.3, -0.25) is 14.6 Å². The van der Waals surface area contributed by atoms with Crippen molar-refractivity contribution in [3.8, 4) is 5.75 Å². The van der Waals surface area contributed by atoms with Gasteiger partial charge in [-0.2, -0.15) is 4.98 Å². The van der Waals surface area contributed by atoms with Crippen LogP contribution in [0.1, 0.15) is 73.0 Å². The normalized spacial score (nSPS) is 19.4. The second kappa shape index (κ2) is 14.9. The van der Waals surface area contributed by atoms with Crippen LogP contribution in [0.15, 0.2) is 48.5 Å². The molecule has 256 valence electrons. The van der Waals surface area contributed by atoms with Gasteiger partial charge < -0.3 is 20.3 Å². The second-order valence-electron chi connectivity index (χ2n) is 13.1. The summed E-state index contributed by atoms with van der Waals surface area (Å²) in [6, 6.07) is 14.8. The molecule has 2 fully saturated rings. The number of ether oxygens (including phenoxy) is 1. The highest BCUT2D eigenvalue weighted by molar-refractivity contribution is 6.05. The number of carbonyl (C=O) groups is 2. The number of likely N-dealkylation sites (N-methyl/N-ethyl adjacent to an activating group) is 1.